The monoisotopic (exact) mass is 311 g/mol. The lowest BCUT2D eigenvalue weighted by Crippen LogP contribution is -2.41. The van der Waals surface area contributed by atoms with Crippen molar-refractivity contribution in [2.45, 2.75) is 20.8 Å². The van der Waals surface area contributed by atoms with Crippen LogP contribution in [0.25, 0.3) is 0 Å². The minimum absolute atomic E-state index is 0.0185. The van der Waals surface area contributed by atoms with Crippen molar-refractivity contribution in [3.63, 3.8) is 0 Å². The average molecular weight is 311 g/mol. The lowest BCUT2D eigenvalue weighted by atomic mass is 10.9. The zero-order valence-electron chi connectivity index (χ0n) is 11.4. The zero-order valence-corrected chi connectivity index (χ0v) is 12.3. The molecule has 0 saturated carbocycles. The summed E-state index contributed by atoms with van der Waals surface area (Å²) in [4.78, 5) is 33.7. The molecule has 3 amide bonds. The van der Waals surface area contributed by atoms with Crippen LogP contribution in [0.15, 0.2) is 0 Å². The van der Waals surface area contributed by atoms with Gasteiger partial charge in [0.25, 0.3) is 0 Å². The van der Waals surface area contributed by atoms with Crippen LogP contribution >= 0.6 is 7.59 Å². The molecule has 0 aromatic heterocycles. The summed E-state index contributed by atoms with van der Waals surface area (Å²) < 4.78 is 25.8. The van der Waals surface area contributed by atoms with Crippen LogP contribution in [0, 0.1) is 0 Å². The second-order valence-electron chi connectivity index (χ2n) is 3.11. The van der Waals surface area contributed by atoms with Crippen LogP contribution < -0.4 is 15.3 Å². The van der Waals surface area contributed by atoms with Gasteiger partial charge >= 0.3 is 25.9 Å². The quantitative estimate of drug-likeness (QED) is 0.498. The summed E-state index contributed by atoms with van der Waals surface area (Å²) in [5, 5.41) is 5.53. The molecule has 10 nitrogen and oxygen atoms in total. The van der Waals surface area contributed by atoms with Crippen LogP contribution in [-0.2, 0) is 18.8 Å². The molecule has 11 heteroatoms. The Hall–Kier alpha value is -1.96. The van der Waals surface area contributed by atoms with Gasteiger partial charge in [-0.25, -0.2) is 34.2 Å². The van der Waals surface area contributed by atoms with Gasteiger partial charge < -0.3 is 14.2 Å². The summed E-state index contributed by atoms with van der Waals surface area (Å²) in [5.74, 6) is 0. The molecule has 0 aliphatic carbocycles. The van der Waals surface area contributed by atoms with Crippen LogP contribution in [-0.4, -0.2) is 38.1 Å². The Morgan fingerprint density at radius 2 is 1.00 bits per heavy atom. The Kier molecular flexibility index (Phi) is 8.14. The Labute approximate surface area is 116 Å². The number of amides is 3. The summed E-state index contributed by atoms with van der Waals surface area (Å²) >= 11 is 0. The van der Waals surface area contributed by atoms with E-state index in [9.17, 15) is 18.9 Å². The number of rotatable bonds is 6. The molecule has 0 bridgehead atoms. The molecule has 0 unspecified atom stereocenters. The highest BCUT2D eigenvalue weighted by atomic mass is 31.2. The molecule has 0 heterocycles. The summed E-state index contributed by atoms with van der Waals surface area (Å²) in [6, 6.07) is 0. The Morgan fingerprint density at radius 1 is 0.750 bits per heavy atom. The first-order valence-corrected chi connectivity index (χ1v) is 7.52. The second-order valence-corrected chi connectivity index (χ2v) is 5.00. The SMILES string of the molecule is CCOC(=O)NP(=O)(NC(=O)OCC)NC(=O)OCC. The molecule has 116 valence electrons. The van der Waals surface area contributed by atoms with Crippen LogP contribution in [0.5, 0.6) is 0 Å². The van der Waals surface area contributed by atoms with Gasteiger partial charge in [0.15, 0.2) is 0 Å². The van der Waals surface area contributed by atoms with E-state index in [1.807, 2.05) is 15.3 Å². The van der Waals surface area contributed by atoms with Crippen molar-refractivity contribution in [2.24, 2.45) is 0 Å². The first-order chi connectivity index (χ1) is 9.36. The number of nitrogens with one attached hydrogen (secondary N) is 3. The van der Waals surface area contributed by atoms with Gasteiger partial charge in [0.05, 0.1) is 19.8 Å². The van der Waals surface area contributed by atoms with Crippen molar-refractivity contribution < 1.29 is 33.2 Å². The van der Waals surface area contributed by atoms with Gasteiger partial charge in [-0.2, -0.15) is 0 Å². The fraction of sp³-hybridized carbons (Fsp3) is 0.667. The van der Waals surface area contributed by atoms with E-state index in [4.69, 9.17) is 0 Å². The van der Waals surface area contributed by atoms with E-state index in [1.54, 1.807) is 0 Å². The maximum atomic E-state index is 12.2. The maximum absolute atomic E-state index is 12.2. The van der Waals surface area contributed by atoms with E-state index in [1.165, 1.54) is 20.8 Å². The van der Waals surface area contributed by atoms with Gasteiger partial charge in [-0.3, -0.25) is 0 Å². The number of hydrogen-bond acceptors (Lipinski definition) is 7. The fourth-order valence-corrected chi connectivity index (χ4v) is 2.09. The van der Waals surface area contributed by atoms with Crippen molar-refractivity contribution in [2.75, 3.05) is 19.8 Å². The summed E-state index contributed by atoms with van der Waals surface area (Å²) in [6.45, 7) is 4.64. The fourth-order valence-electron chi connectivity index (χ4n) is 0.960. The molecular formula is C9H18N3O7P. The molecule has 0 spiro atoms. The highest BCUT2D eigenvalue weighted by molar-refractivity contribution is 7.59. The summed E-state index contributed by atoms with van der Waals surface area (Å²) in [5.41, 5.74) is 0. The predicted octanol–water partition coefficient (Wildman–Crippen LogP) is 1.33. The van der Waals surface area contributed by atoms with Gasteiger partial charge in [-0.05, 0) is 20.8 Å². The Bertz CT molecular complexity index is 344. The normalized spacial score (nSPS) is 10.2. The van der Waals surface area contributed by atoms with Crippen molar-refractivity contribution in [3.8, 4) is 0 Å². The Balaban J connectivity index is 4.83. The van der Waals surface area contributed by atoms with Gasteiger partial charge in [-0.1, -0.05) is 0 Å². The van der Waals surface area contributed by atoms with Gasteiger partial charge in [-0.15, -0.1) is 0 Å². The lowest BCUT2D eigenvalue weighted by molar-refractivity contribution is 0.153. The molecule has 0 aromatic rings. The van der Waals surface area contributed by atoms with Crippen molar-refractivity contribution >= 4 is 25.9 Å². The van der Waals surface area contributed by atoms with Crippen LogP contribution in [0.2, 0.25) is 0 Å². The number of carbonyl (C=O) groups is 3. The third-order valence-electron chi connectivity index (χ3n) is 1.57. The molecule has 0 rings (SSSR count). The van der Waals surface area contributed by atoms with E-state index in [-0.39, 0.29) is 19.8 Å². The highest BCUT2D eigenvalue weighted by Crippen LogP contribution is 2.30. The third-order valence-corrected chi connectivity index (χ3v) is 3.06. The standard InChI is InChI=1S/C9H18N3O7P/c1-4-17-7(13)10-20(16,11-8(14)18-5-2)12-9(15)19-6-3/h4-6H2,1-3H3,(H3,10,11,12,13,14,15,16). The number of ether oxygens (including phenoxy) is 3. The van der Waals surface area contributed by atoms with Gasteiger partial charge in [0.1, 0.15) is 0 Å². The molecule has 0 saturated heterocycles. The number of hydrogen-bond donors (Lipinski definition) is 3. The molecular weight excluding hydrogens is 293 g/mol. The Morgan fingerprint density at radius 3 is 1.20 bits per heavy atom. The van der Waals surface area contributed by atoms with E-state index < -0.39 is 25.9 Å². The molecule has 20 heavy (non-hydrogen) atoms. The number of carbonyl (C=O) groups excluding carboxylic acids is 3. The topological polar surface area (TPSA) is 132 Å². The maximum Gasteiger partial charge on any atom is 0.415 e. The first kappa shape index (κ1) is 18.0. The molecule has 0 fully saturated rings. The predicted molar refractivity (Wildman–Crippen MR) is 68.1 cm³/mol. The summed E-state index contributed by atoms with van der Waals surface area (Å²) in [6.07, 6.45) is -3.24. The van der Waals surface area contributed by atoms with Crippen molar-refractivity contribution in [1.82, 2.24) is 15.3 Å². The molecule has 0 radical (unpaired) electrons. The highest BCUT2D eigenvalue weighted by Gasteiger charge is 2.31. The van der Waals surface area contributed by atoms with E-state index >= 15 is 0 Å². The van der Waals surface area contributed by atoms with E-state index in [0.29, 0.717) is 0 Å². The zero-order chi connectivity index (χ0) is 15.6. The minimum Gasteiger partial charge on any atom is -0.450 e. The largest absolute Gasteiger partial charge is 0.450 e. The van der Waals surface area contributed by atoms with Gasteiger partial charge in [0, 0.05) is 0 Å². The average Bonchev–Trinajstić information content (AvgIpc) is 2.28. The molecule has 0 aromatic carbocycles. The molecule has 0 aliphatic rings. The van der Waals surface area contributed by atoms with Crippen LogP contribution in [0.1, 0.15) is 20.8 Å². The second kappa shape index (κ2) is 9.03. The first-order valence-electron chi connectivity index (χ1n) is 5.82. The van der Waals surface area contributed by atoms with Crippen molar-refractivity contribution in [1.29, 1.82) is 0 Å². The summed E-state index contributed by atoms with van der Waals surface area (Å²) in [7, 11) is -4.15. The van der Waals surface area contributed by atoms with Crippen LogP contribution in [0.4, 0.5) is 14.4 Å². The van der Waals surface area contributed by atoms with E-state index in [2.05, 4.69) is 14.2 Å². The molecule has 3 N–H and O–H groups in total. The third kappa shape index (κ3) is 7.47. The van der Waals surface area contributed by atoms with Gasteiger partial charge in [0.2, 0.25) is 0 Å². The lowest BCUT2D eigenvalue weighted by Gasteiger charge is -2.19. The van der Waals surface area contributed by atoms with E-state index in [0.717, 1.165) is 0 Å². The van der Waals surface area contributed by atoms with Crippen molar-refractivity contribution in [3.05, 3.63) is 0 Å². The minimum atomic E-state index is -4.15. The van der Waals surface area contributed by atoms with Crippen LogP contribution in [0.3, 0.4) is 0 Å². The smallest absolute Gasteiger partial charge is 0.415 e. The molecule has 0 atom stereocenters. The molecule has 0 aliphatic heterocycles.